The van der Waals surface area contributed by atoms with E-state index in [0.29, 0.717) is 12.1 Å². The molecule has 0 fully saturated rings. The lowest BCUT2D eigenvalue weighted by molar-refractivity contribution is 0.153. The summed E-state index contributed by atoms with van der Waals surface area (Å²) in [7, 11) is 0. The second-order valence-electron chi connectivity index (χ2n) is 4.53. The molecule has 1 atom stereocenters. The fraction of sp³-hybridized carbons (Fsp3) is 0.727. The standard InChI is InChI=1S/C11H19N3/c1-8(2)14-7-10-6-12-13-11(10)5-4-9(14)3/h6,8-9H,4-5,7H2,1-3H3,(H,12,13). The summed E-state index contributed by atoms with van der Waals surface area (Å²) in [4.78, 5) is 2.54. The van der Waals surface area contributed by atoms with Crippen LogP contribution in [0, 0.1) is 0 Å². The van der Waals surface area contributed by atoms with Crippen LogP contribution in [-0.4, -0.2) is 27.2 Å². The van der Waals surface area contributed by atoms with Gasteiger partial charge in [0.1, 0.15) is 0 Å². The van der Waals surface area contributed by atoms with Gasteiger partial charge in [0.25, 0.3) is 0 Å². The van der Waals surface area contributed by atoms with E-state index in [1.807, 2.05) is 6.20 Å². The first-order valence-electron chi connectivity index (χ1n) is 5.45. The van der Waals surface area contributed by atoms with Crippen LogP contribution in [0.1, 0.15) is 38.4 Å². The number of fused-ring (bicyclic) bond motifs is 1. The number of rotatable bonds is 1. The maximum atomic E-state index is 4.11. The van der Waals surface area contributed by atoms with Crippen molar-refractivity contribution in [2.24, 2.45) is 0 Å². The van der Waals surface area contributed by atoms with E-state index in [0.717, 1.165) is 13.0 Å². The van der Waals surface area contributed by atoms with Crippen molar-refractivity contribution in [3.63, 3.8) is 0 Å². The van der Waals surface area contributed by atoms with E-state index in [9.17, 15) is 0 Å². The molecule has 0 spiro atoms. The highest BCUT2D eigenvalue weighted by Crippen LogP contribution is 2.22. The molecule has 78 valence electrons. The van der Waals surface area contributed by atoms with Crippen molar-refractivity contribution in [1.29, 1.82) is 0 Å². The molecule has 2 rings (SSSR count). The summed E-state index contributed by atoms with van der Waals surface area (Å²) < 4.78 is 0. The normalized spacial score (nSPS) is 23.6. The summed E-state index contributed by atoms with van der Waals surface area (Å²) in [5.41, 5.74) is 2.71. The Morgan fingerprint density at radius 2 is 2.36 bits per heavy atom. The molecule has 0 saturated carbocycles. The van der Waals surface area contributed by atoms with E-state index in [-0.39, 0.29) is 0 Å². The van der Waals surface area contributed by atoms with Crippen molar-refractivity contribution in [1.82, 2.24) is 15.1 Å². The topological polar surface area (TPSA) is 31.9 Å². The number of aromatic amines is 1. The van der Waals surface area contributed by atoms with E-state index in [4.69, 9.17) is 0 Å². The molecule has 1 aromatic rings. The molecule has 2 heterocycles. The molecular weight excluding hydrogens is 174 g/mol. The molecule has 0 radical (unpaired) electrons. The number of hydrogen-bond donors (Lipinski definition) is 1. The summed E-state index contributed by atoms with van der Waals surface area (Å²) in [5, 5.41) is 7.21. The van der Waals surface area contributed by atoms with Gasteiger partial charge in [-0.15, -0.1) is 0 Å². The van der Waals surface area contributed by atoms with Gasteiger partial charge in [0.15, 0.2) is 0 Å². The molecule has 0 bridgehead atoms. The Balaban J connectivity index is 2.22. The van der Waals surface area contributed by atoms with Crippen LogP contribution in [-0.2, 0) is 13.0 Å². The lowest BCUT2D eigenvalue weighted by Gasteiger charge is -2.30. The third-order valence-corrected chi connectivity index (χ3v) is 3.20. The van der Waals surface area contributed by atoms with E-state index in [1.54, 1.807) is 0 Å². The zero-order valence-electron chi connectivity index (χ0n) is 9.25. The van der Waals surface area contributed by atoms with Gasteiger partial charge in [0, 0.05) is 29.9 Å². The maximum absolute atomic E-state index is 4.11. The highest BCUT2D eigenvalue weighted by molar-refractivity contribution is 5.18. The van der Waals surface area contributed by atoms with Gasteiger partial charge < -0.3 is 0 Å². The molecular formula is C11H19N3. The molecule has 1 aliphatic heterocycles. The minimum absolute atomic E-state index is 0.617. The highest BCUT2D eigenvalue weighted by Gasteiger charge is 2.23. The molecule has 3 heteroatoms. The van der Waals surface area contributed by atoms with Crippen LogP contribution in [0.25, 0.3) is 0 Å². The van der Waals surface area contributed by atoms with Gasteiger partial charge in [-0.25, -0.2) is 0 Å². The predicted octanol–water partition coefficient (Wildman–Crippen LogP) is 1.95. The van der Waals surface area contributed by atoms with Gasteiger partial charge in [-0.3, -0.25) is 10.00 Å². The Hall–Kier alpha value is -0.830. The second kappa shape index (κ2) is 3.73. The molecule has 1 aliphatic rings. The van der Waals surface area contributed by atoms with Gasteiger partial charge in [-0.05, 0) is 33.6 Å². The van der Waals surface area contributed by atoms with Crippen LogP contribution in [0.5, 0.6) is 0 Å². The van der Waals surface area contributed by atoms with Crippen LogP contribution >= 0.6 is 0 Å². The number of nitrogens with one attached hydrogen (secondary N) is 1. The fourth-order valence-electron chi connectivity index (χ4n) is 2.25. The molecule has 14 heavy (non-hydrogen) atoms. The van der Waals surface area contributed by atoms with Crippen LogP contribution in [0.4, 0.5) is 0 Å². The average molecular weight is 193 g/mol. The Labute approximate surface area is 85.5 Å². The molecule has 1 aromatic heterocycles. The monoisotopic (exact) mass is 193 g/mol. The second-order valence-corrected chi connectivity index (χ2v) is 4.53. The maximum Gasteiger partial charge on any atom is 0.0535 e. The van der Waals surface area contributed by atoms with Crippen molar-refractivity contribution in [2.75, 3.05) is 0 Å². The molecule has 3 nitrogen and oxygen atoms in total. The van der Waals surface area contributed by atoms with Crippen molar-refractivity contribution in [2.45, 2.75) is 52.2 Å². The highest BCUT2D eigenvalue weighted by atomic mass is 15.2. The Bertz CT molecular complexity index is 303. The summed E-state index contributed by atoms with van der Waals surface area (Å²) in [6, 6.07) is 1.29. The quantitative estimate of drug-likeness (QED) is 0.739. The molecule has 1 N–H and O–H groups in total. The van der Waals surface area contributed by atoms with E-state index in [2.05, 4.69) is 35.9 Å². The molecule has 0 aliphatic carbocycles. The summed E-state index contributed by atoms with van der Waals surface area (Å²) in [5.74, 6) is 0. The Kier molecular flexibility index (Phi) is 2.59. The number of H-pyrrole nitrogens is 1. The lowest BCUT2D eigenvalue weighted by Crippen LogP contribution is -2.37. The largest absolute Gasteiger partial charge is 0.294 e. The average Bonchev–Trinajstić information content (AvgIpc) is 2.51. The predicted molar refractivity (Wildman–Crippen MR) is 57.0 cm³/mol. The number of aryl methyl sites for hydroxylation is 1. The van der Waals surface area contributed by atoms with Crippen LogP contribution < -0.4 is 0 Å². The number of hydrogen-bond acceptors (Lipinski definition) is 2. The third kappa shape index (κ3) is 1.69. The van der Waals surface area contributed by atoms with E-state index >= 15 is 0 Å². The smallest absolute Gasteiger partial charge is 0.0535 e. The van der Waals surface area contributed by atoms with E-state index in [1.165, 1.54) is 17.7 Å². The molecule has 0 amide bonds. The van der Waals surface area contributed by atoms with Gasteiger partial charge in [-0.2, -0.15) is 5.10 Å². The summed E-state index contributed by atoms with van der Waals surface area (Å²) >= 11 is 0. The van der Waals surface area contributed by atoms with Gasteiger partial charge >= 0.3 is 0 Å². The minimum atomic E-state index is 0.617. The van der Waals surface area contributed by atoms with Crippen LogP contribution in [0.2, 0.25) is 0 Å². The SMILES string of the molecule is CC(C)N1Cc2cn[nH]c2CCC1C. The zero-order valence-corrected chi connectivity index (χ0v) is 9.25. The summed E-state index contributed by atoms with van der Waals surface area (Å²) in [6.45, 7) is 7.90. The molecule has 0 aromatic carbocycles. The molecule has 1 unspecified atom stereocenters. The van der Waals surface area contributed by atoms with E-state index < -0.39 is 0 Å². The Morgan fingerprint density at radius 1 is 1.57 bits per heavy atom. The van der Waals surface area contributed by atoms with Gasteiger partial charge in [0.05, 0.1) is 6.20 Å². The van der Waals surface area contributed by atoms with Crippen molar-refractivity contribution < 1.29 is 0 Å². The Morgan fingerprint density at radius 3 is 3.07 bits per heavy atom. The van der Waals surface area contributed by atoms with Gasteiger partial charge in [0.2, 0.25) is 0 Å². The summed E-state index contributed by atoms with van der Waals surface area (Å²) in [6.07, 6.45) is 4.34. The third-order valence-electron chi connectivity index (χ3n) is 3.20. The lowest BCUT2D eigenvalue weighted by atomic mass is 10.1. The first-order chi connectivity index (χ1) is 6.68. The first-order valence-corrected chi connectivity index (χ1v) is 5.45. The van der Waals surface area contributed by atoms with Crippen LogP contribution in [0.15, 0.2) is 6.20 Å². The number of aromatic nitrogens is 2. The fourth-order valence-corrected chi connectivity index (χ4v) is 2.25. The minimum Gasteiger partial charge on any atom is -0.294 e. The van der Waals surface area contributed by atoms with Crippen LogP contribution in [0.3, 0.4) is 0 Å². The molecule has 0 saturated heterocycles. The van der Waals surface area contributed by atoms with Crippen molar-refractivity contribution in [3.05, 3.63) is 17.5 Å². The van der Waals surface area contributed by atoms with Crippen molar-refractivity contribution in [3.8, 4) is 0 Å². The van der Waals surface area contributed by atoms with Crippen molar-refractivity contribution >= 4 is 0 Å². The van der Waals surface area contributed by atoms with Gasteiger partial charge in [-0.1, -0.05) is 0 Å². The number of nitrogens with zero attached hydrogens (tertiary/aromatic N) is 2. The first kappa shape index (κ1) is 9.71. The zero-order chi connectivity index (χ0) is 10.1.